The normalized spacial score (nSPS) is 29.1. The van der Waals surface area contributed by atoms with Crippen molar-refractivity contribution in [1.29, 1.82) is 0 Å². The van der Waals surface area contributed by atoms with Crippen LogP contribution in [0.5, 0.6) is 0 Å². The topological polar surface area (TPSA) is 265 Å². The molecule has 5 rings (SSSR count). The minimum absolute atomic E-state index is 0.0119. The summed E-state index contributed by atoms with van der Waals surface area (Å²) in [7, 11) is -4.74. The fourth-order valence-electron chi connectivity index (χ4n) is 4.35. The van der Waals surface area contributed by atoms with Gasteiger partial charge in [-0.15, -0.1) is 0 Å². The number of nitrogens with two attached hydrogens (primary N) is 2. The van der Waals surface area contributed by atoms with E-state index in [-0.39, 0.29) is 35.8 Å². The number of nitrogens with zero attached hydrogens (tertiary/aromatic N) is 5. The first-order valence-corrected chi connectivity index (χ1v) is 12.9. The number of hydrogen-bond donors (Lipinski definition) is 6. The van der Waals surface area contributed by atoms with Crippen LogP contribution in [0.2, 0.25) is 0 Å². The number of nitrogen functional groups attached to an aromatic ring is 2. The summed E-state index contributed by atoms with van der Waals surface area (Å²) in [5, 5.41) is 20.1. The van der Waals surface area contributed by atoms with Crippen LogP contribution in [0.15, 0.2) is 28.2 Å². The van der Waals surface area contributed by atoms with Crippen LogP contribution in [0, 0.1) is 0 Å². The van der Waals surface area contributed by atoms with Crippen molar-refractivity contribution in [2.75, 3.05) is 24.7 Å². The van der Waals surface area contributed by atoms with E-state index < -0.39 is 69.2 Å². The van der Waals surface area contributed by atoms with E-state index in [1.807, 2.05) is 0 Å². The molecule has 0 aromatic carbocycles. The van der Waals surface area contributed by atoms with Crippen molar-refractivity contribution in [3.05, 3.63) is 39.4 Å². The molecule has 0 amide bonds. The minimum Gasteiger partial charge on any atom is -0.394 e. The standard InChI is InChI=1S/C19H25N8O10P/c20-12-1-2-26(19(31)23-12)14-4-9(10(5-28)35-14)37-38(32,33)34-6-11-8(29)3-13(36-11)27-7-22-15-16(27)24-18(21)25-17(15)30/h1-2,7-11,13-14,28-29H,3-6H2,(H,32,33)(H2,20,23,31)(H3,21,24,25,30)/t8-,9+,10-,11+,13+,14+/m1/s1. The molecule has 2 aliphatic heterocycles. The van der Waals surface area contributed by atoms with Crippen LogP contribution in [0.3, 0.4) is 0 Å². The van der Waals surface area contributed by atoms with Gasteiger partial charge < -0.3 is 36.0 Å². The maximum Gasteiger partial charge on any atom is 0.472 e. The Labute approximate surface area is 212 Å². The first-order chi connectivity index (χ1) is 18.0. The molecule has 0 saturated carbocycles. The smallest absolute Gasteiger partial charge is 0.394 e. The van der Waals surface area contributed by atoms with Gasteiger partial charge in [0.1, 0.15) is 36.6 Å². The number of phosphoric acid groups is 1. The van der Waals surface area contributed by atoms with Crippen molar-refractivity contribution in [3.8, 4) is 0 Å². The molecule has 0 bridgehead atoms. The van der Waals surface area contributed by atoms with Gasteiger partial charge in [0.2, 0.25) is 5.95 Å². The summed E-state index contributed by atoms with van der Waals surface area (Å²) < 4.78 is 36.8. The quantitative estimate of drug-likeness (QED) is 0.163. The van der Waals surface area contributed by atoms with Gasteiger partial charge in [-0.3, -0.25) is 28.0 Å². The minimum atomic E-state index is -4.74. The third kappa shape index (κ3) is 5.20. The van der Waals surface area contributed by atoms with Gasteiger partial charge in [0.15, 0.2) is 11.2 Å². The van der Waals surface area contributed by atoms with Gasteiger partial charge in [-0.05, 0) is 6.07 Å². The number of aromatic amines is 1. The SMILES string of the molecule is Nc1ccn([C@@H]2C[C@H](OP(=O)(O)OC[C@@H]3O[C@H](n4cnc5c(=O)[nH]c(N)nc54)C[C@H]3O)[C@@H](CO)O2)c(=O)n1. The van der Waals surface area contributed by atoms with Gasteiger partial charge in [0.05, 0.1) is 25.6 Å². The molecule has 206 valence electrons. The van der Waals surface area contributed by atoms with Gasteiger partial charge in [0, 0.05) is 19.0 Å². The number of ether oxygens (including phenoxy) is 2. The van der Waals surface area contributed by atoms with Crippen LogP contribution in [0.4, 0.5) is 11.8 Å². The van der Waals surface area contributed by atoms with Crippen molar-refractivity contribution in [2.24, 2.45) is 0 Å². The highest BCUT2D eigenvalue weighted by Gasteiger charge is 2.43. The zero-order chi connectivity index (χ0) is 27.2. The molecule has 0 spiro atoms. The molecule has 2 fully saturated rings. The fourth-order valence-corrected chi connectivity index (χ4v) is 5.31. The summed E-state index contributed by atoms with van der Waals surface area (Å²) in [6.07, 6.45) is -3.42. The van der Waals surface area contributed by atoms with Crippen molar-refractivity contribution >= 4 is 30.8 Å². The molecule has 0 radical (unpaired) electrons. The first-order valence-electron chi connectivity index (χ1n) is 11.4. The summed E-state index contributed by atoms with van der Waals surface area (Å²) in [6.45, 7) is -1.10. The number of nitrogens with one attached hydrogen (secondary N) is 1. The maximum atomic E-state index is 12.7. The van der Waals surface area contributed by atoms with Crippen LogP contribution in [-0.2, 0) is 23.1 Å². The van der Waals surface area contributed by atoms with E-state index in [0.717, 1.165) is 4.57 Å². The van der Waals surface area contributed by atoms with Crippen LogP contribution in [-0.4, -0.2) is 81.8 Å². The van der Waals surface area contributed by atoms with Gasteiger partial charge in [-0.1, -0.05) is 0 Å². The number of anilines is 2. The zero-order valence-electron chi connectivity index (χ0n) is 19.6. The second-order valence-corrected chi connectivity index (χ2v) is 10.1. The Balaban J connectivity index is 1.22. The Hall–Kier alpha value is -3.22. The van der Waals surface area contributed by atoms with Crippen LogP contribution in [0.1, 0.15) is 25.3 Å². The molecule has 18 nitrogen and oxygen atoms in total. The third-order valence-corrected chi connectivity index (χ3v) is 7.17. The summed E-state index contributed by atoms with van der Waals surface area (Å²) in [5.41, 5.74) is 10.0. The second-order valence-electron chi connectivity index (χ2n) is 8.71. The van der Waals surface area contributed by atoms with Crippen LogP contribution >= 0.6 is 7.82 Å². The molecule has 8 N–H and O–H groups in total. The summed E-state index contributed by atoms with van der Waals surface area (Å²) >= 11 is 0. The second kappa shape index (κ2) is 10.2. The number of rotatable bonds is 8. The number of aromatic nitrogens is 6. The fraction of sp³-hybridized carbons (Fsp3) is 0.526. The molecule has 3 aromatic rings. The Morgan fingerprint density at radius 1 is 1.16 bits per heavy atom. The maximum absolute atomic E-state index is 12.7. The lowest BCUT2D eigenvalue weighted by atomic mass is 10.2. The number of aliphatic hydroxyl groups is 2. The van der Waals surface area contributed by atoms with Gasteiger partial charge in [0.25, 0.3) is 5.56 Å². The molecule has 2 saturated heterocycles. The summed E-state index contributed by atoms with van der Waals surface area (Å²) in [4.78, 5) is 48.4. The molecule has 3 aromatic heterocycles. The largest absolute Gasteiger partial charge is 0.472 e. The summed E-state index contributed by atoms with van der Waals surface area (Å²) in [5.74, 6) is -0.115. The van der Waals surface area contributed by atoms with Gasteiger partial charge in [-0.2, -0.15) is 9.97 Å². The van der Waals surface area contributed by atoms with Crippen molar-refractivity contribution < 1.29 is 38.2 Å². The lowest BCUT2D eigenvalue weighted by Crippen LogP contribution is -2.29. The molecule has 1 unspecified atom stereocenters. The molecule has 38 heavy (non-hydrogen) atoms. The number of imidazole rings is 1. The van der Waals surface area contributed by atoms with E-state index in [0.29, 0.717) is 0 Å². The number of H-pyrrole nitrogens is 1. The highest BCUT2D eigenvalue weighted by molar-refractivity contribution is 7.47. The lowest BCUT2D eigenvalue weighted by Gasteiger charge is -2.21. The van der Waals surface area contributed by atoms with E-state index in [4.69, 9.17) is 30.0 Å². The van der Waals surface area contributed by atoms with E-state index in [1.165, 1.54) is 23.2 Å². The third-order valence-electron chi connectivity index (χ3n) is 6.16. The molecular formula is C19H25N8O10P. The Kier molecular flexibility index (Phi) is 7.05. The molecule has 5 heterocycles. The van der Waals surface area contributed by atoms with E-state index in [9.17, 15) is 29.3 Å². The van der Waals surface area contributed by atoms with Crippen molar-refractivity contribution in [1.82, 2.24) is 29.1 Å². The number of fused-ring (bicyclic) bond motifs is 1. The molecule has 7 atom stereocenters. The zero-order valence-corrected chi connectivity index (χ0v) is 20.5. The summed E-state index contributed by atoms with van der Waals surface area (Å²) in [6, 6.07) is 1.38. The highest BCUT2D eigenvalue weighted by Crippen LogP contribution is 2.49. The predicted molar refractivity (Wildman–Crippen MR) is 126 cm³/mol. The van der Waals surface area contributed by atoms with Gasteiger partial charge >= 0.3 is 13.5 Å². The average Bonchev–Trinajstić information content (AvgIpc) is 3.54. The molecule has 19 heteroatoms. The van der Waals surface area contributed by atoms with Crippen molar-refractivity contribution in [2.45, 2.75) is 49.7 Å². The molecular weight excluding hydrogens is 531 g/mol. The Morgan fingerprint density at radius 2 is 1.89 bits per heavy atom. The Morgan fingerprint density at radius 3 is 2.63 bits per heavy atom. The average molecular weight is 556 g/mol. The molecule has 0 aliphatic carbocycles. The van der Waals surface area contributed by atoms with Crippen LogP contribution < -0.4 is 22.7 Å². The number of aliphatic hydroxyl groups excluding tert-OH is 2. The van der Waals surface area contributed by atoms with E-state index in [1.54, 1.807) is 0 Å². The Bertz CT molecular complexity index is 1490. The monoisotopic (exact) mass is 556 g/mol. The predicted octanol–water partition coefficient (Wildman–Crippen LogP) is -2.03. The van der Waals surface area contributed by atoms with E-state index >= 15 is 0 Å². The first kappa shape index (κ1) is 26.4. The van der Waals surface area contributed by atoms with E-state index in [2.05, 4.69) is 19.9 Å². The van der Waals surface area contributed by atoms with Crippen molar-refractivity contribution in [3.63, 3.8) is 0 Å². The molecule has 2 aliphatic rings. The highest BCUT2D eigenvalue weighted by atomic mass is 31.2. The number of phosphoric ester groups is 1. The lowest BCUT2D eigenvalue weighted by molar-refractivity contribution is -0.0564. The number of hydrogen-bond acceptors (Lipinski definition) is 14. The van der Waals surface area contributed by atoms with Crippen LogP contribution in [0.25, 0.3) is 11.2 Å². The van der Waals surface area contributed by atoms with Gasteiger partial charge in [-0.25, -0.2) is 14.3 Å².